The smallest absolute Gasteiger partial charge is 0.241 e. The molecule has 0 radical (unpaired) electrons. The molecule has 3 heterocycles. The molecule has 0 bridgehead atoms. The summed E-state index contributed by atoms with van der Waals surface area (Å²) < 4.78 is 6.66. The molecule has 1 amide bonds. The van der Waals surface area contributed by atoms with Gasteiger partial charge >= 0.3 is 0 Å². The number of carbonyl (C=O) groups excluding carboxylic acids is 1. The monoisotopic (exact) mass is 288 g/mol. The van der Waals surface area contributed by atoms with Crippen LogP contribution in [0.25, 0.3) is 0 Å². The highest BCUT2D eigenvalue weighted by Gasteiger charge is 2.17. The van der Waals surface area contributed by atoms with E-state index >= 15 is 0 Å². The number of amides is 1. The highest BCUT2D eigenvalue weighted by atomic mass is 16.3. The molecule has 0 unspecified atom stereocenters. The highest BCUT2D eigenvalue weighted by molar-refractivity contribution is 5.75. The maximum Gasteiger partial charge on any atom is 0.241 e. The van der Waals surface area contributed by atoms with Crippen molar-refractivity contribution in [1.29, 1.82) is 0 Å². The van der Waals surface area contributed by atoms with E-state index < -0.39 is 0 Å². The molecule has 21 heavy (non-hydrogen) atoms. The van der Waals surface area contributed by atoms with Crippen LogP contribution >= 0.6 is 0 Å². The SMILES string of the molecule is O=C(Cn1ccc([C@@H]2CCCNC2)n1)NCc1ccoc1. The Balaban J connectivity index is 1.50. The van der Waals surface area contributed by atoms with Crippen molar-refractivity contribution in [2.75, 3.05) is 13.1 Å². The van der Waals surface area contributed by atoms with Gasteiger partial charge in [-0.25, -0.2) is 0 Å². The summed E-state index contributed by atoms with van der Waals surface area (Å²) in [6.45, 7) is 2.80. The van der Waals surface area contributed by atoms with Crippen LogP contribution in [0.5, 0.6) is 0 Å². The zero-order valence-corrected chi connectivity index (χ0v) is 11.9. The fourth-order valence-electron chi connectivity index (χ4n) is 2.58. The minimum absolute atomic E-state index is 0.0485. The Labute approximate surface area is 123 Å². The van der Waals surface area contributed by atoms with Gasteiger partial charge in [0.25, 0.3) is 0 Å². The normalized spacial score (nSPS) is 18.6. The molecule has 0 aromatic carbocycles. The molecule has 112 valence electrons. The van der Waals surface area contributed by atoms with E-state index in [-0.39, 0.29) is 12.5 Å². The van der Waals surface area contributed by atoms with E-state index in [9.17, 15) is 4.79 Å². The minimum Gasteiger partial charge on any atom is -0.472 e. The van der Waals surface area contributed by atoms with Crippen LogP contribution in [-0.2, 0) is 17.9 Å². The van der Waals surface area contributed by atoms with Crippen molar-refractivity contribution in [3.63, 3.8) is 0 Å². The topological polar surface area (TPSA) is 72.1 Å². The van der Waals surface area contributed by atoms with Crippen molar-refractivity contribution in [3.05, 3.63) is 42.1 Å². The number of aromatic nitrogens is 2. The summed E-state index contributed by atoms with van der Waals surface area (Å²) in [5.74, 6) is 0.418. The molecule has 2 aromatic heterocycles. The van der Waals surface area contributed by atoms with E-state index in [0.29, 0.717) is 12.5 Å². The summed E-state index contributed by atoms with van der Waals surface area (Å²) in [5, 5.41) is 10.7. The highest BCUT2D eigenvalue weighted by Crippen LogP contribution is 2.21. The average molecular weight is 288 g/mol. The van der Waals surface area contributed by atoms with Gasteiger partial charge in [0.15, 0.2) is 0 Å². The number of hydrogen-bond acceptors (Lipinski definition) is 4. The second-order valence-electron chi connectivity index (χ2n) is 5.39. The average Bonchev–Trinajstić information content (AvgIpc) is 3.17. The van der Waals surface area contributed by atoms with E-state index in [2.05, 4.69) is 15.7 Å². The molecule has 0 aliphatic carbocycles. The van der Waals surface area contributed by atoms with E-state index in [1.165, 1.54) is 6.42 Å². The van der Waals surface area contributed by atoms with Gasteiger partial charge in [0.1, 0.15) is 6.54 Å². The fraction of sp³-hybridized carbons (Fsp3) is 0.467. The van der Waals surface area contributed by atoms with Gasteiger partial charge in [-0.2, -0.15) is 5.10 Å². The Kier molecular flexibility index (Phi) is 4.35. The van der Waals surface area contributed by atoms with Crippen LogP contribution in [0.15, 0.2) is 35.3 Å². The maximum atomic E-state index is 11.9. The van der Waals surface area contributed by atoms with Gasteiger partial charge in [-0.1, -0.05) is 0 Å². The Morgan fingerprint density at radius 3 is 3.24 bits per heavy atom. The fourth-order valence-corrected chi connectivity index (χ4v) is 2.58. The van der Waals surface area contributed by atoms with E-state index in [1.54, 1.807) is 17.2 Å². The number of hydrogen-bond donors (Lipinski definition) is 2. The summed E-state index contributed by atoms with van der Waals surface area (Å²) in [6.07, 6.45) is 7.45. The quantitative estimate of drug-likeness (QED) is 0.869. The summed E-state index contributed by atoms with van der Waals surface area (Å²) >= 11 is 0. The Morgan fingerprint density at radius 2 is 2.48 bits per heavy atom. The van der Waals surface area contributed by atoms with Crippen molar-refractivity contribution in [3.8, 4) is 0 Å². The minimum atomic E-state index is -0.0485. The lowest BCUT2D eigenvalue weighted by Gasteiger charge is -2.20. The van der Waals surface area contributed by atoms with Gasteiger partial charge in [0.05, 0.1) is 18.2 Å². The van der Waals surface area contributed by atoms with Gasteiger partial charge in [-0.3, -0.25) is 9.48 Å². The van der Waals surface area contributed by atoms with Crippen LogP contribution in [0, 0.1) is 0 Å². The number of furan rings is 1. The number of nitrogens with one attached hydrogen (secondary N) is 2. The predicted octanol–water partition coefficient (Wildman–Crippen LogP) is 1.26. The molecule has 6 heteroatoms. The van der Waals surface area contributed by atoms with Crippen LogP contribution in [0.4, 0.5) is 0 Å². The van der Waals surface area contributed by atoms with Gasteiger partial charge in [0, 0.05) is 30.8 Å². The van der Waals surface area contributed by atoms with Crippen LogP contribution in [-0.4, -0.2) is 28.8 Å². The standard InChI is InChI=1S/C15H20N4O2/c20-15(17-8-12-4-7-21-11-12)10-19-6-3-14(18-19)13-2-1-5-16-9-13/h3-4,6-7,11,13,16H,1-2,5,8-10H2,(H,17,20)/t13-/m1/s1. The molecule has 2 N–H and O–H groups in total. The predicted molar refractivity (Wildman–Crippen MR) is 77.6 cm³/mol. The first-order valence-corrected chi connectivity index (χ1v) is 7.33. The second kappa shape index (κ2) is 6.58. The number of piperidine rings is 1. The molecule has 1 fully saturated rings. The van der Waals surface area contributed by atoms with Crippen LogP contribution in [0.3, 0.4) is 0 Å². The third kappa shape index (κ3) is 3.72. The number of nitrogens with zero attached hydrogens (tertiary/aromatic N) is 2. The summed E-state index contributed by atoms with van der Waals surface area (Å²) in [5.41, 5.74) is 2.03. The lowest BCUT2D eigenvalue weighted by molar-refractivity contribution is -0.122. The van der Waals surface area contributed by atoms with Gasteiger partial charge in [0.2, 0.25) is 5.91 Å². The van der Waals surface area contributed by atoms with Crippen LogP contribution in [0.1, 0.15) is 30.0 Å². The first-order chi connectivity index (χ1) is 10.3. The first-order valence-electron chi connectivity index (χ1n) is 7.33. The van der Waals surface area contributed by atoms with E-state index in [0.717, 1.165) is 30.8 Å². The molecule has 0 spiro atoms. The van der Waals surface area contributed by atoms with Gasteiger partial charge in [-0.15, -0.1) is 0 Å². The number of carbonyl (C=O) groups is 1. The molecule has 3 rings (SSSR count). The molecule has 1 aliphatic rings. The zero-order valence-electron chi connectivity index (χ0n) is 11.9. The molecular formula is C15H20N4O2. The van der Waals surface area contributed by atoms with Crippen molar-refractivity contribution in [2.45, 2.75) is 31.8 Å². The second-order valence-corrected chi connectivity index (χ2v) is 5.39. The van der Waals surface area contributed by atoms with Crippen molar-refractivity contribution >= 4 is 5.91 Å². The van der Waals surface area contributed by atoms with E-state index in [1.807, 2.05) is 18.3 Å². The Hall–Kier alpha value is -2.08. The molecule has 1 aliphatic heterocycles. The summed E-state index contributed by atoms with van der Waals surface area (Å²) in [7, 11) is 0. The van der Waals surface area contributed by atoms with Gasteiger partial charge in [-0.05, 0) is 31.5 Å². The molecule has 1 atom stereocenters. The van der Waals surface area contributed by atoms with Crippen LogP contribution < -0.4 is 10.6 Å². The molecule has 0 saturated carbocycles. The van der Waals surface area contributed by atoms with E-state index in [4.69, 9.17) is 4.42 Å². The summed E-state index contributed by atoms with van der Waals surface area (Å²) in [6, 6.07) is 3.85. The van der Waals surface area contributed by atoms with Crippen molar-refractivity contribution in [2.24, 2.45) is 0 Å². The Morgan fingerprint density at radius 1 is 1.52 bits per heavy atom. The zero-order chi connectivity index (χ0) is 14.5. The molecule has 1 saturated heterocycles. The summed E-state index contributed by atoms with van der Waals surface area (Å²) in [4.78, 5) is 11.9. The third-order valence-corrected chi connectivity index (χ3v) is 3.75. The lowest BCUT2D eigenvalue weighted by Crippen LogP contribution is -2.29. The lowest BCUT2D eigenvalue weighted by atomic mass is 9.97. The molecular weight excluding hydrogens is 268 g/mol. The van der Waals surface area contributed by atoms with Crippen molar-refractivity contribution in [1.82, 2.24) is 20.4 Å². The maximum absolute atomic E-state index is 11.9. The third-order valence-electron chi connectivity index (χ3n) is 3.75. The molecule has 2 aromatic rings. The Bertz CT molecular complexity index is 570. The molecule has 6 nitrogen and oxygen atoms in total. The first kappa shape index (κ1) is 13.9. The van der Waals surface area contributed by atoms with Gasteiger partial charge < -0.3 is 15.1 Å². The van der Waals surface area contributed by atoms with Crippen molar-refractivity contribution < 1.29 is 9.21 Å². The van der Waals surface area contributed by atoms with Crippen LogP contribution in [0.2, 0.25) is 0 Å². The number of rotatable bonds is 5. The largest absolute Gasteiger partial charge is 0.472 e.